The normalized spacial score (nSPS) is 25.9. The number of rotatable bonds is 5. The summed E-state index contributed by atoms with van der Waals surface area (Å²) < 4.78 is 23.2. The molecule has 0 aromatic carbocycles. The number of piperazine rings is 1. The van der Waals surface area contributed by atoms with Crippen molar-refractivity contribution in [3.8, 4) is 0 Å². The predicted molar refractivity (Wildman–Crippen MR) is 95.8 cm³/mol. The number of carbonyl (C=O) groups is 1. The van der Waals surface area contributed by atoms with Gasteiger partial charge in [-0.1, -0.05) is 6.92 Å². The first-order valence-corrected chi connectivity index (χ1v) is 10.7. The van der Waals surface area contributed by atoms with Gasteiger partial charge in [-0.3, -0.25) is 9.79 Å². The highest BCUT2D eigenvalue weighted by atomic mass is 32.2. The van der Waals surface area contributed by atoms with Crippen LogP contribution in [0, 0.1) is 5.92 Å². The number of likely N-dealkylation sites (N-methyl/N-ethyl adjacent to an activating group) is 1. The second kappa shape index (κ2) is 8.18. The Labute approximate surface area is 145 Å². The van der Waals surface area contributed by atoms with Gasteiger partial charge in [0, 0.05) is 32.2 Å². The van der Waals surface area contributed by atoms with Gasteiger partial charge in [0.15, 0.2) is 15.8 Å². The fourth-order valence-corrected chi connectivity index (χ4v) is 4.86. The second-order valence-electron chi connectivity index (χ2n) is 6.78. The number of guanidine groups is 1. The van der Waals surface area contributed by atoms with Gasteiger partial charge in [-0.05, 0) is 32.6 Å². The Balaban J connectivity index is 2.04. The maximum atomic E-state index is 12.2. The first kappa shape index (κ1) is 19.0. The van der Waals surface area contributed by atoms with Crippen molar-refractivity contribution < 1.29 is 13.2 Å². The van der Waals surface area contributed by atoms with Crippen molar-refractivity contribution in [2.24, 2.45) is 10.9 Å². The van der Waals surface area contributed by atoms with Crippen LogP contribution in [0.1, 0.15) is 33.6 Å². The fraction of sp³-hybridized carbons (Fsp3) is 0.875. The van der Waals surface area contributed by atoms with Crippen LogP contribution < -0.4 is 5.32 Å². The summed E-state index contributed by atoms with van der Waals surface area (Å²) in [7, 11) is -2.88. The molecule has 2 unspecified atom stereocenters. The van der Waals surface area contributed by atoms with Crippen molar-refractivity contribution in [3.63, 3.8) is 0 Å². The van der Waals surface area contributed by atoms with E-state index in [-0.39, 0.29) is 29.4 Å². The fourth-order valence-electron chi connectivity index (χ4n) is 3.01. The van der Waals surface area contributed by atoms with Crippen LogP contribution in [-0.2, 0) is 14.6 Å². The van der Waals surface area contributed by atoms with E-state index in [1.165, 1.54) is 0 Å². The van der Waals surface area contributed by atoms with Crippen LogP contribution >= 0.6 is 0 Å². The molecule has 0 aromatic heterocycles. The van der Waals surface area contributed by atoms with Gasteiger partial charge in [-0.25, -0.2) is 8.42 Å². The molecule has 1 N–H and O–H groups in total. The molecule has 0 radical (unpaired) electrons. The molecule has 2 heterocycles. The van der Waals surface area contributed by atoms with Crippen LogP contribution in [0.2, 0.25) is 0 Å². The molecule has 0 bridgehead atoms. The van der Waals surface area contributed by atoms with Crippen molar-refractivity contribution in [2.75, 3.05) is 44.2 Å². The van der Waals surface area contributed by atoms with E-state index in [4.69, 9.17) is 0 Å². The molecular weight excluding hydrogens is 328 g/mol. The maximum absolute atomic E-state index is 12.2. The van der Waals surface area contributed by atoms with Gasteiger partial charge in [-0.2, -0.15) is 0 Å². The number of nitrogens with one attached hydrogen (secondary N) is 1. The monoisotopic (exact) mass is 358 g/mol. The minimum atomic E-state index is -2.88. The second-order valence-corrected chi connectivity index (χ2v) is 9.01. The van der Waals surface area contributed by atoms with Crippen LogP contribution in [0.15, 0.2) is 4.99 Å². The molecule has 2 fully saturated rings. The maximum Gasteiger partial charge on any atom is 0.242 e. The Morgan fingerprint density at radius 2 is 2.12 bits per heavy atom. The Morgan fingerprint density at radius 1 is 1.38 bits per heavy atom. The molecule has 138 valence electrons. The quantitative estimate of drug-likeness (QED) is 0.566. The lowest BCUT2D eigenvalue weighted by Gasteiger charge is -2.36. The summed E-state index contributed by atoms with van der Waals surface area (Å²) in [6, 6.07) is 0.260. The SMILES string of the molecule is CCC(C)NC(=NCC1CCS(=O)(=O)C1)N1CCN(CC)C(=O)C1. The molecule has 1 amide bonds. The Kier molecular flexibility index (Phi) is 6.48. The molecule has 24 heavy (non-hydrogen) atoms. The highest BCUT2D eigenvalue weighted by Gasteiger charge is 2.29. The Morgan fingerprint density at radius 3 is 2.67 bits per heavy atom. The molecule has 2 atom stereocenters. The van der Waals surface area contributed by atoms with Gasteiger partial charge < -0.3 is 15.1 Å². The summed E-state index contributed by atoms with van der Waals surface area (Å²) >= 11 is 0. The van der Waals surface area contributed by atoms with E-state index in [0.29, 0.717) is 26.1 Å². The van der Waals surface area contributed by atoms with Crippen LogP contribution in [0.3, 0.4) is 0 Å². The minimum Gasteiger partial charge on any atom is -0.354 e. The third-order valence-corrected chi connectivity index (χ3v) is 6.65. The van der Waals surface area contributed by atoms with Crippen LogP contribution in [0.25, 0.3) is 0 Å². The van der Waals surface area contributed by atoms with E-state index in [2.05, 4.69) is 24.2 Å². The molecule has 7 nitrogen and oxygen atoms in total. The minimum absolute atomic E-state index is 0.0939. The number of sulfone groups is 1. The summed E-state index contributed by atoms with van der Waals surface area (Å²) in [5.41, 5.74) is 0. The van der Waals surface area contributed by atoms with Crippen LogP contribution in [0.4, 0.5) is 0 Å². The van der Waals surface area contributed by atoms with E-state index in [0.717, 1.165) is 25.5 Å². The molecule has 0 saturated carbocycles. The molecule has 2 rings (SSSR count). The number of amides is 1. The van der Waals surface area contributed by atoms with Crippen LogP contribution in [-0.4, -0.2) is 80.4 Å². The summed E-state index contributed by atoms with van der Waals surface area (Å²) in [6.45, 7) is 9.19. The predicted octanol–water partition coefficient (Wildman–Crippen LogP) is 0.329. The summed E-state index contributed by atoms with van der Waals surface area (Å²) in [5.74, 6) is 1.45. The van der Waals surface area contributed by atoms with Crippen molar-refractivity contribution in [1.29, 1.82) is 0 Å². The highest BCUT2D eigenvalue weighted by Crippen LogP contribution is 2.18. The average molecular weight is 359 g/mol. The third-order valence-electron chi connectivity index (χ3n) is 4.81. The molecule has 2 saturated heterocycles. The van der Waals surface area contributed by atoms with E-state index in [1.54, 1.807) is 0 Å². The molecule has 2 aliphatic rings. The molecule has 0 aliphatic carbocycles. The summed E-state index contributed by atoms with van der Waals surface area (Å²) in [4.78, 5) is 20.7. The molecule has 0 aromatic rings. The number of hydrogen-bond donors (Lipinski definition) is 1. The van der Waals surface area contributed by atoms with Gasteiger partial charge in [-0.15, -0.1) is 0 Å². The lowest BCUT2D eigenvalue weighted by molar-refractivity contribution is -0.134. The number of nitrogens with zero attached hydrogens (tertiary/aromatic N) is 3. The van der Waals surface area contributed by atoms with E-state index < -0.39 is 9.84 Å². The van der Waals surface area contributed by atoms with Gasteiger partial charge in [0.1, 0.15) is 0 Å². The van der Waals surface area contributed by atoms with Crippen molar-refractivity contribution in [1.82, 2.24) is 15.1 Å². The lowest BCUT2D eigenvalue weighted by Crippen LogP contribution is -2.56. The van der Waals surface area contributed by atoms with E-state index in [1.807, 2.05) is 16.7 Å². The number of hydrogen-bond acceptors (Lipinski definition) is 4. The summed E-state index contributed by atoms with van der Waals surface area (Å²) in [5, 5.41) is 3.39. The number of aliphatic imine (C=N–C) groups is 1. The van der Waals surface area contributed by atoms with Gasteiger partial charge in [0.2, 0.25) is 5.91 Å². The largest absolute Gasteiger partial charge is 0.354 e. The Hall–Kier alpha value is -1.31. The zero-order valence-corrected chi connectivity index (χ0v) is 15.8. The molecular formula is C16H30N4O3S. The first-order valence-electron chi connectivity index (χ1n) is 8.88. The lowest BCUT2D eigenvalue weighted by atomic mass is 10.1. The molecule has 0 spiro atoms. The van der Waals surface area contributed by atoms with Gasteiger partial charge in [0.05, 0.1) is 18.1 Å². The first-order chi connectivity index (χ1) is 11.3. The topological polar surface area (TPSA) is 82.1 Å². The molecule has 2 aliphatic heterocycles. The standard InChI is InChI=1S/C16H30N4O3S/c1-4-13(3)18-16(17-10-14-6-9-24(22,23)12-14)20-8-7-19(5-2)15(21)11-20/h13-14H,4-12H2,1-3H3,(H,17,18). The molecule has 8 heteroatoms. The van der Waals surface area contributed by atoms with Crippen molar-refractivity contribution in [2.45, 2.75) is 39.7 Å². The van der Waals surface area contributed by atoms with E-state index >= 15 is 0 Å². The highest BCUT2D eigenvalue weighted by molar-refractivity contribution is 7.91. The Bertz CT molecular complexity index is 576. The summed E-state index contributed by atoms with van der Waals surface area (Å²) in [6.07, 6.45) is 1.64. The van der Waals surface area contributed by atoms with Crippen molar-refractivity contribution in [3.05, 3.63) is 0 Å². The van der Waals surface area contributed by atoms with E-state index in [9.17, 15) is 13.2 Å². The third kappa shape index (κ3) is 5.09. The van der Waals surface area contributed by atoms with Crippen LogP contribution in [0.5, 0.6) is 0 Å². The average Bonchev–Trinajstić information content (AvgIpc) is 2.90. The smallest absolute Gasteiger partial charge is 0.242 e. The zero-order chi connectivity index (χ0) is 17.7. The van der Waals surface area contributed by atoms with Gasteiger partial charge >= 0.3 is 0 Å². The number of carbonyl (C=O) groups excluding carboxylic acids is 1. The van der Waals surface area contributed by atoms with Gasteiger partial charge in [0.25, 0.3) is 0 Å². The zero-order valence-electron chi connectivity index (χ0n) is 15.0. The van der Waals surface area contributed by atoms with Crippen molar-refractivity contribution >= 4 is 21.7 Å².